The topological polar surface area (TPSA) is 128 Å². The van der Waals surface area contributed by atoms with Gasteiger partial charge in [0.05, 0.1) is 0 Å². The second-order valence-corrected chi connectivity index (χ2v) is 1.99. The lowest BCUT2D eigenvalue weighted by molar-refractivity contribution is -0.622. The van der Waals surface area contributed by atoms with Crippen molar-refractivity contribution < 1.29 is 30.3 Å². The molecular formula is C5H5NO6. The molecule has 5 N–H and O–H groups in total. The predicted molar refractivity (Wildman–Crippen MR) is 33.7 cm³/mol. The fourth-order valence-corrected chi connectivity index (χ4v) is 0.617. The number of aromatic nitrogens is 1. The molecule has 0 spiro atoms. The van der Waals surface area contributed by atoms with Crippen molar-refractivity contribution in [2.75, 3.05) is 0 Å². The van der Waals surface area contributed by atoms with Gasteiger partial charge in [0.2, 0.25) is 5.75 Å². The van der Waals surface area contributed by atoms with Gasteiger partial charge in [0.1, 0.15) is 0 Å². The van der Waals surface area contributed by atoms with Gasteiger partial charge in [0.15, 0.2) is 0 Å². The zero-order chi connectivity index (χ0) is 9.46. The molecule has 7 nitrogen and oxygen atoms in total. The first-order chi connectivity index (χ1) is 5.46. The van der Waals surface area contributed by atoms with Crippen LogP contribution in [0, 0.1) is 5.21 Å². The van der Waals surface area contributed by atoms with E-state index < -0.39 is 33.7 Å². The largest absolute Gasteiger partial charge is 0.613 e. The number of rotatable bonds is 0. The highest BCUT2D eigenvalue weighted by Gasteiger charge is 2.27. The number of aromatic hydroxyl groups is 5. The van der Waals surface area contributed by atoms with Gasteiger partial charge in [-0.3, -0.25) is 0 Å². The smallest absolute Gasteiger partial charge is 0.427 e. The molecule has 0 saturated carbocycles. The Morgan fingerprint density at radius 3 is 1.42 bits per heavy atom. The Morgan fingerprint density at radius 2 is 1.08 bits per heavy atom. The Morgan fingerprint density at radius 1 is 0.750 bits per heavy atom. The minimum Gasteiger partial charge on any atom is -0.613 e. The quantitative estimate of drug-likeness (QED) is 0.250. The first kappa shape index (κ1) is 8.05. The Bertz CT molecular complexity index is 230. The van der Waals surface area contributed by atoms with Gasteiger partial charge >= 0.3 is 11.8 Å². The summed E-state index contributed by atoms with van der Waals surface area (Å²) in [4.78, 5) is 0. The molecule has 7 heteroatoms. The Hall–Kier alpha value is -2.05. The van der Waals surface area contributed by atoms with Crippen molar-refractivity contribution in [3.05, 3.63) is 5.21 Å². The van der Waals surface area contributed by atoms with Crippen molar-refractivity contribution in [3.63, 3.8) is 0 Å². The summed E-state index contributed by atoms with van der Waals surface area (Å²) < 4.78 is -0.537. The molecule has 0 aliphatic heterocycles. The van der Waals surface area contributed by atoms with Crippen molar-refractivity contribution in [1.29, 1.82) is 0 Å². The minimum absolute atomic E-state index is 0.537. The highest BCUT2D eigenvalue weighted by molar-refractivity contribution is 5.53. The van der Waals surface area contributed by atoms with E-state index in [1.54, 1.807) is 0 Å². The standard InChI is InChI=1S/C5H5NO6/c7-1-2(8)4(10)6(12)5(11)3(1)9/h7-11H. The van der Waals surface area contributed by atoms with Crippen molar-refractivity contribution >= 4 is 0 Å². The lowest BCUT2D eigenvalue weighted by atomic mass is 10.3. The van der Waals surface area contributed by atoms with E-state index in [0.717, 1.165) is 0 Å². The highest BCUT2D eigenvalue weighted by atomic mass is 16.5. The average molecular weight is 175 g/mol. The van der Waals surface area contributed by atoms with Crippen molar-refractivity contribution in [2.45, 2.75) is 0 Å². The van der Waals surface area contributed by atoms with Crippen LogP contribution in [0.25, 0.3) is 0 Å². The minimum atomic E-state index is -1.29. The molecule has 0 aliphatic carbocycles. The summed E-state index contributed by atoms with van der Waals surface area (Å²) >= 11 is 0. The van der Waals surface area contributed by atoms with Gasteiger partial charge in [-0.25, -0.2) is 0 Å². The molecular weight excluding hydrogens is 170 g/mol. The average Bonchev–Trinajstić information content (AvgIpc) is 2.08. The van der Waals surface area contributed by atoms with Crippen LogP contribution >= 0.6 is 0 Å². The third-order valence-corrected chi connectivity index (χ3v) is 1.26. The number of hydrogen-bond acceptors (Lipinski definition) is 6. The fraction of sp³-hybridized carbons (Fsp3) is 0. The molecule has 0 amide bonds. The molecule has 0 aliphatic rings. The Balaban J connectivity index is 3.60. The van der Waals surface area contributed by atoms with Crippen LogP contribution in [0.2, 0.25) is 0 Å². The van der Waals surface area contributed by atoms with E-state index in [2.05, 4.69) is 0 Å². The fourth-order valence-electron chi connectivity index (χ4n) is 0.617. The van der Waals surface area contributed by atoms with Gasteiger partial charge in [0, 0.05) is 0 Å². The van der Waals surface area contributed by atoms with Crippen LogP contribution in [0.5, 0.6) is 29.0 Å². The van der Waals surface area contributed by atoms with Crippen LogP contribution < -0.4 is 4.73 Å². The van der Waals surface area contributed by atoms with Crippen molar-refractivity contribution in [3.8, 4) is 29.0 Å². The summed E-state index contributed by atoms with van der Waals surface area (Å²) in [6.45, 7) is 0. The number of hydrogen-bond donors (Lipinski definition) is 5. The number of pyridine rings is 1. The Kier molecular flexibility index (Phi) is 1.49. The molecule has 0 fully saturated rings. The monoisotopic (exact) mass is 175 g/mol. The van der Waals surface area contributed by atoms with E-state index in [4.69, 9.17) is 25.5 Å². The molecule has 0 aromatic carbocycles. The summed E-state index contributed by atoms with van der Waals surface area (Å²) in [7, 11) is 0. The molecule has 0 atom stereocenters. The third kappa shape index (κ3) is 0.797. The molecule has 66 valence electrons. The molecule has 0 bridgehead atoms. The molecule has 12 heavy (non-hydrogen) atoms. The maximum atomic E-state index is 10.5. The molecule has 0 unspecified atom stereocenters. The van der Waals surface area contributed by atoms with Crippen LogP contribution in [0.1, 0.15) is 0 Å². The van der Waals surface area contributed by atoms with Gasteiger partial charge in [-0.2, -0.15) is 0 Å². The maximum Gasteiger partial charge on any atom is 0.427 e. The van der Waals surface area contributed by atoms with Crippen molar-refractivity contribution in [1.82, 2.24) is 0 Å². The van der Waals surface area contributed by atoms with E-state index >= 15 is 0 Å². The molecule has 1 rings (SSSR count). The predicted octanol–water partition coefficient (Wildman–Crippen LogP) is -1.15. The van der Waals surface area contributed by atoms with E-state index in [1.165, 1.54) is 0 Å². The second kappa shape index (κ2) is 2.22. The zero-order valence-corrected chi connectivity index (χ0v) is 5.59. The molecule has 0 radical (unpaired) electrons. The van der Waals surface area contributed by atoms with Crippen LogP contribution in [0.4, 0.5) is 0 Å². The van der Waals surface area contributed by atoms with E-state index in [0.29, 0.717) is 0 Å². The first-order valence-electron chi connectivity index (χ1n) is 2.75. The van der Waals surface area contributed by atoms with Gasteiger partial charge in [0.25, 0.3) is 11.5 Å². The summed E-state index contributed by atoms with van der Waals surface area (Å²) in [5.74, 6) is -6.12. The van der Waals surface area contributed by atoms with Gasteiger partial charge in [-0.05, 0) is 0 Å². The van der Waals surface area contributed by atoms with Crippen molar-refractivity contribution in [2.24, 2.45) is 0 Å². The van der Waals surface area contributed by atoms with E-state index in [-0.39, 0.29) is 0 Å². The van der Waals surface area contributed by atoms with Crippen LogP contribution in [0.15, 0.2) is 0 Å². The lowest BCUT2D eigenvalue weighted by Gasteiger charge is -2.04. The highest BCUT2D eigenvalue weighted by Crippen LogP contribution is 2.42. The van der Waals surface area contributed by atoms with E-state index in [1.807, 2.05) is 0 Å². The van der Waals surface area contributed by atoms with Crippen LogP contribution in [0.3, 0.4) is 0 Å². The third-order valence-electron chi connectivity index (χ3n) is 1.26. The summed E-state index contributed by atoms with van der Waals surface area (Å²) in [6, 6.07) is 0. The Labute approximate surface area is 65.6 Å². The SMILES string of the molecule is [O-][n+]1c(O)c(O)c(O)c(O)c1O. The maximum absolute atomic E-state index is 10.5. The molecule has 1 aromatic heterocycles. The van der Waals surface area contributed by atoms with E-state index in [9.17, 15) is 5.21 Å². The van der Waals surface area contributed by atoms with Gasteiger partial charge in [-0.15, -0.1) is 0 Å². The molecule has 1 aromatic rings. The first-order valence-corrected chi connectivity index (χ1v) is 2.75. The summed E-state index contributed by atoms with van der Waals surface area (Å²) in [5.41, 5.74) is 0. The van der Waals surface area contributed by atoms with Gasteiger partial charge in [-0.1, -0.05) is 4.73 Å². The molecule has 0 saturated heterocycles. The normalized spacial score (nSPS) is 10.0. The summed E-state index contributed by atoms with van der Waals surface area (Å²) in [6.07, 6.45) is 0. The van der Waals surface area contributed by atoms with Crippen LogP contribution in [-0.4, -0.2) is 25.5 Å². The van der Waals surface area contributed by atoms with Gasteiger partial charge < -0.3 is 30.7 Å². The second-order valence-electron chi connectivity index (χ2n) is 1.99. The summed E-state index contributed by atoms with van der Waals surface area (Å²) in [5, 5.41) is 54.0. The molecule has 1 heterocycles. The zero-order valence-electron chi connectivity index (χ0n) is 5.59. The number of nitrogens with zero attached hydrogens (tertiary/aromatic N) is 1. The lowest BCUT2D eigenvalue weighted by Crippen LogP contribution is -2.26. The van der Waals surface area contributed by atoms with Crippen LogP contribution in [-0.2, 0) is 0 Å².